The van der Waals surface area contributed by atoms with Gasteiger partial charge in [-0.15, -0.1) is 0 Å². The van der Waals surface area contributed by atoms with Crippen molar-refractivity contribution in [2.24, 2.45) is 0 Å². The van der Waals surface area contributed by atoms with Gasteiger partial charge in [0, 0.05) is 49.6 Å². The van der Waals surface area contributed by atoms with E-state index in [0.29, 0.717) is 13.1 Å². The van der Waals surface area contributed by atoms with Gasteiger partial charge >= 0.3 is 6.09 Å². The number of fused-ring (bicyclic) bond motifs is 1. The number of aromatic amines is 1. The number of hydrogen-bond donors (Lipinski definition) is 3. The number of nitrogens with one attached hydrogen (secondary N) is 2. The number of nitrogens with zero attached hydrogens (tertiary/aromatic N) is 1. The number of H-pyrrole nitrogens is 1. The molecule has 0 radical (unpaired) electrons. The Hall–Kier alpha value is -2.25. The molecule has 7 nitrogen and oxygen atoms in total. The third kappa shape index (κ3) is 3.43. The molecule has 134 valence electrons. The smallest absolute Gasteiger partial charge is 0.407 e. The third-order valence-electron chi connectivity index (χ3n) is 5.09. The van der Waals surface area contributed by atoms with E-state index in [9.17, 15) is 9.90 Å². The van der Waals surface area contributed by atoms with Gasteiger partial charge in [0.05, 0.1) is 6.54 Å². The highest BCUT2D eigenvalue weighted by Crippen LogP contribution is 2.29. The van der Waals surface area contributed by atoms with Gasteiger partial charge in [-0.1, -0.05) is 6.07 Å². The number of carbonyl (C=O) groups excluding carboxylic acids is 1. The summed E-state index contributed by atoms with van der Waals surface area (Å²) in [5.74, 6) is 0.777. The van der Waals surface area contributed by atoms with Gasteiger partial charge in [-0.05, 0) is 18.2 Å². The molecule has 0 aliphatic carbocycles. The number of aromatic nitrogens is 1. The zero-order valence-electron chi connectivity index (χ0n) is 14.0. The molecule has 2 aliphatic rings. The first-order valence-corrected chi connectivity index (χ1v) is 8.70. The van der Waals surface area contributed by atoms with Gasteiger partial charge in [0.1, 0.15) is 24.1 Å². The molecule has 2 aromatic rings. The average molecular weight is 345 g/mol. The summed E-state index contributed by atoms with van der Waals surface area (Å²) < 4.78 is 11.2. The average Bonchev–Trinajstić information content (AvgIpc) is 3.22. The number of hydrogen-bond acceptors (Lipinski definition) is 5. The number of aliphatic hydroxyl groups excluding tert-OH is 1. The number of amides is 1. The minimum atomic E-state index is -0.562. The van der Waals surface area contributed by atoms with Crippen molar-refractivity contribution in [3.63, 3.8) is 0 Å². The molecule has 2 fully saturated rings. The van der Waals surface area contributed by atoms with Crippen molar-refractivity contribution in [1.82, 2.24) is 15.2 Å². The molecule has 7 heteroatoms. The second-order valence-corrected chi connectivity index (χ2v) is 6.89. The predicted molar refractivity (Wildman–Crippen MR) is 92.7 cm³/mol. The van der Waals surface area contributed by atoms with E-state index in [1.54, 1.807) is 0 Å². The zero-order valence-corrected chi connectivity index (χ0v) is 14.0. The van der Waals surface area contributed by atoms with Crippen LogP contribution in [-0.4, -0.2) is 65.6 Å². The Morgan fingerprint density at radius 3 is 2.92 bits per heavy atom. The number of benzene rings is 1. The first-order chi connectivity index (χ1) is 12.1. The summed E-state index contributed by atoms with van der Waals surface area (Å²) in [6, 6.07) is 7.81. The molecule has 2 saturated heterocycles. The van der Waals surface area contributed by atoms with E-state index in [2.05, 4.69) is 15.2 Å². The van der Waals surface area contributed by atoms with E-state index in [1.165, 1.54) is 0 Å². The Balaban J connectivity index is 1.26. The van der Waals surface area contributed by atoms with Gasteiger partial charge in [0.2, 0.25) is 0 Å². The van der Waals surface area contributed by atoms with Crippen LogP contribution in [0.5, 0.6) is 5.75 Å². The molecule has 3 heterocycles. The number of β-amino-alcohol motifs (C(OH)–C–C–N with tert-alkyl or cyclic N) is 1. The second kappa shape index (κ2) is 6.57. The predicted octanol–water partition coefficient (Wildman–Crippen LogP) is 1.48. The van der Waals surface area contributed by atoms with Crippen molar-refractivity contribution in [3.8, 4) is 5.75 Å². The van der Waals surface area contributed by atoms with Crippen molar-refractivity contribution >= 4 is 17.0 Å². The second-order valence-electron chi connectivity index (χ2n) is 6.89. The summed E-state index contributed by atoms with van der Waals surface area (Å²) in [6.45, 7) is 3.01. The summed E-state index contributed by atoms with van der Waals surface area (Å²) in [4.78, 5) is 16.6. The molecular formula is C18H23N3O4. The lowest BCUT2D eigenvalue weighted by Gasteiger charge is -2.37. The van der Waals surface area contributed by atoms with Crippen LogP contribution >= 0.6 is 0 Å². The van der Waals surface area contributed by atoms with Crippen LogP contribution in [0.2, 0.25) is 0 Å². The molecule has 0 bridgehead atoms. The van der Waals surface area contributed by atoms with Crippen LogP contribution in [0.15, 0.2) is 30.5 Å². The summed E-state index contributed by atoms with van der Waals surface area (Å²) in [7, 11) is 0. The fraction of sp³-hybridized carbons (Fsp3) is 0.500. The van der Waals surface area contributed by atoms with Crippen LogP contribution in [-0.2, 0) is 4.74 Å². The number of likely N-dealkylation sites (tertiary alicyclic amines) is 1. The fourth-order valence-electron chi connectivity index (χ4n) is 3.64. The van der Waals surface area contributed by atoms with E-state index in [-0.39, 0.29) is 18.3 Å². The van der Waals surface area contributed by atoms with Crippen LogP contribution in [0.1, 0.15) is 12.8 Å². The number of piperidine rings is 1. The summed E-state index contributed by atoms with van der Waals surface area (Å²) in [5.41, 5.74) is 0.673. The van der Waals surface area contributed by atoms with E-state index in [1.807, 2.05) is 30.5 Å². The Morgan fingerprint density at radius 2 is 2.16 bits per heavy atom. The maximum atomic E-state index is 11.3. The number of rotatable bonds is 5. The molecule has 3 N–H and O–H groups in total. The van der Waals surface area contributed by atoms with Gasteiger partial charge in [-0.2, -0.15) is 0 Å². The fourth-order valence-corrected chi connectivity index (χ4v) is 3.64. The zero-order chi connectivity index (χ0) is 17.3. The molecule has 1 spiro atoms. The van der Waals surface area contributed by atoms with E-state index in [4.69, 9.17) is 9.47 Å². The number of alkyl carbamates (subject to hydrolysis) is 1. The maximum Gasteiger partial charge on any atom is 0.407 e. The molecule has 1 aromatic carbocycles. The summed E-state index contributed by atoms with van der Waals surface area (Å²) in [6.07, 6.45) is 2.58. The lowest BCUT2D eigenvalue weighted by molar-refractivity contribution is -0.0141. The summed E-state index contributed by atoms with van der Waals surface area (Å²) >= 11 is 0. The quantitative estimate of drug-likeness (QED) is 0.764. The van der Waals surface area contributed by atoms with Gasteiger partial charge in [-0.3, -0.25) is 0 Å². The van der Waals surface area contributed by atoms with E-state index >= 15 is 0 Å². The monoisotopic (exact) mass is 345 g/mol. The van der Waals surface area contributed by atoms with E-state index in [0.717, 1.165) is 42.6 Å². The lowest BCUT2D eigenvalue weighted by Crippen LogP contribution is -2.49. The number of carbonyl (C=O) groups is 1. The largest absolute Gasteiger partial charge is 0.490 e. The first kappa shape index (κ1) is 16.2. The Kier molecular flexibility index (Phi) is 4.27. The van der Waals surface area contributed by atoms with E-state index < -0.39 is 6.10 Å². The maximum absolute atomic E-state index is 11.3. The molecule has 25 heavy (non-hydrogen) atoms. The van der Waals surface area contributed by atoms with Crippen molar-refractivity contribution in [2.45, 2.75) is 24.5 Å². The normalized spacial score (nSPS) is 21.2. The highest BCUT2D eigenvalue weighted by Gasteiger charge is 2.42. The van der Waals surface area contributed by atoms with Gasteiger partial charge in [0.15, 0.2) is 0 Å². The Bertz CT molecular complexity index is 752. The van der Waals surface area contributed by atoms with Crippen LogP contribution in [0.25, 0.3) is 10.9 Å². The highest BCUT2D eigenvalue weighted by atomic mass is 16.6. The van der Waals surface area contributed by atoms with Crippen molar-refractivity contribution in [3.05, 3.63) is 30.5 Å². The number of ether oxygens (including phenoxy) is 2. The minimum absolute atomic E-state index is 0.252. The molecule has 1 unspecified atom stereocenters. The van der Waals surface area contributed by atoms with Crippen LogP contribution < -0.4 is 10.1 Å². The molecule has 0 saturated carbocycles. The van der Waals surface area contributed by atoms with Gasteiger partial charge < -0.3 is 29.8 Å². The molecule has 1 amide bonds. The molecule has 2 aliphatic heterocycles. The highest BCUT2D eigenvalue weighted by molar-refractivity contribution is 5.85. The number of aliphatic hydroxyl groups is 1. The van der Waals surface area contributed by atoms with Crippen LogP contribution in [0.3, 0.4) is 0 Å². The molecule has 1 aromatic heterocycles. The van der Waals surface area contributed by atoms with Crippen molar-refractivity contribution in [1.29, 1.82) is 0 Å². The molecule has 1 atom stereocenters. The Morgan fingerprint density at radius 1 is 1.32 bits per heavy atom. The molecular weight excluding hydrogens is 322 g/mol. The summed E-state index contributed by atoms with van der Waals surface area (Å²) in [5, 5.41) is 14.1. The first-order valence-electron chi connectivity index (χ1n) is 8.70. The Labute approximate surface area is 145 Å². The lowest BCUT2D eigenvalue weighted by atomic mass is 9.91. The minimum Gasteiger partial charge on any atom is -0.490 e. The van der Waals surface area contributed by atoms with Crippen LogP contribution in [0, 0.1) is 0 Å². The SMILES string of the molecule is O=C1NCC2(CCN(CC(O)COc3cccc4[nH]ccc34)CC2)O1. The van der Waals surface area contributed by atoms with Gasteiger partial charge in [0.25, 0.3) is 0 Å². The molecule has 4 rings (SSSR count). The standard InChI is InChI=1S/C18H23N3O4/c22-13(11-24-16-3-1-2-15-14(16)4-7-19-15)10-21-8-5-18(6-9-21)12-20-17(23)25-18/h1-4,7,13,19,22H,5-6,8-12H2,(H,20,23). The van der Waals surface area contributed by atoms with Crippen molar-refractivity contribution < 1.29 is 19.4 Å². The van der Waals surface area contributed by atoms with Gasteiger partial charge in [-0.25, -0.2) is 4.79 Å². The topological polar surface area (TPSA) is 86.8 Å². The third-order valence-corrected chi connectivity index (χ3v) is 5.09. The van der Waals surface area contributed by atoms with Crippen molar-refractivity contribution in [2.75, 3.05) is 32.8 Å². The van der Waals surface area contributed by atoms with Crippen LogP contribution in [0.4, 0.5) is 4.79 Å².